The van der Waals surface area contributed by atoms with Crippen LogP contribution in [0, 0.1) is 0 Å². The first-order valence-electron chi connectivity index (χ1n) is 15.4. The fourth-order valence-electron chi connectivity index (χ4n) is 5.67. The summed E-state index contributed by atoms with van der Waals surface area (Å²) in [5.74, 6) is 0.677. The number of thiophene rings is 1. The molecule has 0 radical (unpaired) electrons. The van der Waals surface area contributed by atoms with Gasteiger partial charge in [0.05, 0.1) is 18.4 Å². The molecule has 0 saturated heterocycles. The Morgan fingerprint density at radius 1 is 0.886 bits per heavy atom. The van der Waals surface area contributed by atoms with Gasteiger partial charge >= 0.3 is 5.97 Å². The number of aromatic amines is 1. The Morgan fingerprint density at radius 3 is 2.30 bits per heavy atom. The molecule has 228 valence electrons. The molecule has 0 unspecified atom stereocenters. The lowest BCUT2D eigenvalue weighted by atomic mass is 9.90. The number of nitrogens with one attached hydrogen (secondary N) is 1. The van der Waals surface area contributed by atoms with Gasteiger partial charge in [-0.15, -0.1) is 11.3 Å². The predicted octanol–water partition coefficient (Wildman–Crippen LogP) is 9.15. The van der Waals surface area contributed by atoms with Crippen molar-refractivity contribution in [3.63, 3.8) is 0 Å². The van der Waals surface area contributed by atoms with Crippen LogP contribution in [0.15, 0.2) is 97.2 Å². The maximum Gasteiger partial charge on any atom is 0.317 e. The van der Waals surface area contributed by atoms with E-state index in [0.29, 0.717) is 25.6 Å². The molecule has 2 N–H and O–H groups in total. The summed E-state index contributed by atoms with van der Waals surface area (Å²) in [6.07, 6.45) is 6.66. The van der Waals surface area contributed by atoms with E-state index in [4.69, 9.17) is 4.74 Å². The van der Waals surface area contributed by atoms with E-state index in [-0.39, 0.29) is 6.54 Å². The molecular formula is C37H41N3O3S. The van der Waals surface area contributed by atoms with Gasteiger partial charge in [-0.25, -0.2) is 0 Å². The van der Waals surface area contributed by atoms with E-state index in [1.165, 1.54) is 31.2 Å². The molecule has 5 rings (SSSR count). The molecule has 6 nitrogen and oxygen atoms in total. The first-order valence-corrected chi connectivity index (χ1v) is 16.3. The van der Waals surface area contributed by atoms with Crippen molar-refractivity contribution in [1.82, 2.24) is 15.1 Å². The van der Waals surface area contributed by atoms with Crippen molar-refractivity contribution in [2.45, 2.75) is 65.1 Å². The van der Waals surface area contributed by atoms with E-state index < -0.39 is 5.97 Å². The molecule has 0 aliphatic carbocycles. The first-order chi connectivity index (χ1) is 21.5. The third-order valence-electron chi connectivity index (χ3n) is 7.84. The predicted molar refractivity (Wildman–Crippen MR) is 179 cm³/mol. The van der Waals surface area contributed by atoms with Gasteiger partial charge in [0, 0.05) is 28.4 Å². The van der Waals surface area contributed by atoms with Crippen molar-refractivity contribution in [1.29, 1.82) is 0 Å². The molecular weight excluding hydrogens is 566 g/mol. The van der Waals surface area contributed by atoms with Gasteiger partial charge in [-0.2, -0.15) is 5.10 Å². The van der Waals surface area contributed by atoms with Crippen molar-refractivity contribution in [3.05, 3.63) is 119 Å². The van der Waals surface area contributed by atoms with Crippen molar-refractivity contribution in [3.8, 4) is 27.4 Å². The third-order valence-corrected chi connectivity index (χ3v) is 8.96. The number of ether oxygens (including phenoxy) is 1. The lowest BCUT2D eigenvalue weighted by Crippen LogP contribution is -2.28. The number of rotatable bonds is 16. The van der Waals surface area contributed by atoms with Gasteiger partial charge < -0.3 is 9.84 Å². The van der Waals surface area contributed by atoms with E-state index in [0.717, 1.165) is 43.5 Å². The van der Waals surface area contributed by atoms with E-state index in [2.05, 4.69) is 84.7 Å². The number of carboxylic acid groups (broad SMARTS) is 1. The minimum absolute atomic E-state index is 0.0534. The second-order valence-corrected chi connectivity index (χ2v) is 12.4. The van der Waals surface area contributed by atoms with Gasteiger partial charge in [-0.05, 0) is 65.3 Å². The Kier molecular flexibility index (Phi) is 11.0. The second-order valence-electron chi connectivity index (χ2n) is 11.3. The Hall–Kier alpha value is -4.20. The third kappa shape index (κ3) is 8.46. The smallest absolute Gasteiger partial charge is 0.317 e. The molecule has 44 heavy (non-hydrogen) atoms. The van der Waals surface area contributed by atoms with Crippen LogP contribution in [0.3, 0.4) is 0 Å². The molecule has 0 fully saturated rings. The standard InChI is InChI=1S/C37H41N3O3S/c1-3-8-28(9-4-2)29-16-18-33(19-17-29)43-26-27-12-14-30(15-13-27)35-21-20-34(44-35)24-40(25-36(41)42)23-32-22-38-39-37(32)31-10-6-5-7-11-31/h5-7,10-22,28H,3-4,8-9,23-26H2,1-2H3,(H,38,39)(H,41,42). The molecule has 7 heteroatoms. The van der Waals surface area contributed by atoms with Crippen LogP contribution in [0.4, 0.5) is 0 Å². The molecule has 2 aromatic heterocycles. The number of hydrogen-bond acceptors (Lipinski definition) is 5. The van der Waals surface area contributed by atoms with Gasteiger partial charge in [0.15, 0.2) is 0 Å². The minimum Gasteiger partial charge on any atom is -0.489 e. The lowest BCUT2D eigenvalue weighted by Gasteiger charge is -2.19. The Bertz CT molecular complexity index is 1590. The number of carbonyl (C=O) groups is 1. The van der Waals surface area contributed by atoms with Crippen molar-refractivity contribution in [2.24, 2.45) is 0 Å². The fourth-order valence-corrected chi connectivity index (χ4v) is 6.72. The van der Waals surface area contributed by atoms with E-state index in [1.807, 2.05) is 35.2 Å². The Balaban J connectivity index is 1.19. The second kappa shape index (κ2) is 15.5. The van der Waals surface area contributed by atoms with Crippen LogP contribution < -0.4 is 4.74 Å². The van der Waals surface area contributed by atoms with Crippen LogP contribution in [0.2, 0.25) is 0 Å². The van der Waals surface area contributed by atoms with E-state index >= 15 is 0 Å². The van der Waals surface area contributed by atoms with Gasteiger partial charge in [-0.1, -0.05) is 93.4 Å². The zero-order valence-electron chi connectivity index (χ0n) is 25.5. The number of aromatic nitrogens is 2. The quantitative estimate of drug-likeness (QED) is 0.117. The fraction of sp³-hybridized carbons (Fsp3) is 0.297. The molecule has 0 saturated carbocycles. The van der Waals surface area contributed by atoms with Crippen molar-refractivity contribution in [2.75, 3.05) is 6.54 Å². The number of hydrogen-bond donors (Lipinski definition) is 2. The molecule has 0 spiro atoms. The number of carboxylic acids is 1. The number of aliphatic carboxylic acids is 1. The highest BCUT2D eigenvalue weighted by Crippen LogP contribution is 2.31. The summed E-state index contributed by atoms with van der Waals surface area (Å²) in [5.41, 5.74) is 6.58. The number of H-pyrrole nitrogens is 1. The lowest BCUT2D eigenvalue weighted by molar-refractivity contribution is -0.138. The van der Waals surface area contributed by atoms with Crippen molar-refractivity contribution < 1.29 is 14.6 Å². The van der Waals surface area contributed by atoms with Crippen LogP contribution in [0.5, 0.6) is 5.75 Å². The highest BCUT2D eigenvalue weighted by Gasteiger charge is 2.17. The van der Waals surface area contributed by atoms with Crippen LogP contribution in [-0.4, -0.2) is 32.7 Å². The topological polar surface area (TPSA) is 78.4 Å². The molecule has 2 heterocycles. The average Bonchev–Trinajstić information content (AvgIpc) is 3.70. The minimum atomic E-state index is -0.850. The van der Waals surface area contributed by atoms with Gasteiger partial charge in [0.1, 0.15) is 12.4 Å². The molecule has 0 amide bonds. The molecule has 3 aromatic carbocycles. The first kappa shape index (κ1) is 31.2. The highest BCUT2D eigenvalue weighted by molar-refractivity contribution is 7.15. The maximum absolute atomic E-state index is 11.7. The summed E-state index contributed by atoms with van der Waals surface area (Å²) in [5, 5.41) is 16.9. The summed E-state index contributed by atoms with van der Waals surface area (Å²) < 4.78 is 6.09. The maximum atomic E-state index is 11.7. The molecule has 0 atom stereocenters. The van der Waals surface area contributed by atoms with Gasteiger partial charge in [0.25, 0.3) is 0 Å². The zero-order valence-corrected chi connectivity index (χ0v) is 26.4. The van der Waals surface area contributed by atoms with Crippen molar-refractivity contribution >= 4 is 17.3 Å². The Labute approximate surface area is 264 Å². The van der Waals surface area contributed by atoms with E-state index in [9.17, 15) is 9.90 Å². The number of nitrogens with zero attached hydrogens (tertiary/aromatic N) is 2. The highest BCUT2D eigenvalue weighted by atomic mass is 32.1. The molecule has 0 aliphatic heterocycles. The summed E-state index contributed by atoms with van der Waals surface area (Å²) in [4.78, 5) is 15.9. The van der Waals surface area contributed by atoms with E-state index in [1.54, 1.807) is 17.5 Å². The molecule has 0 bridgehead atoms. The van der Waals surface area contributed by atoms with Crippen LogP contribution >= 0.6 is 11.3 Å². The number of benzene rings is 3. The zero-order chi connectivity index (χ0) is 30.7. The molecule has 5 aromatic rings. The molecule has 0 aliphatic rings. The summed E-state index contributed by atoms with van der Waals surface area (Å²) >= 11 is 1.69. The van der Waals surface area contributed by atoms with Gasteiger partial charge in [-0.3, -0.25) is 14.8 Å². The monoisotopic (exact) mass is 607 g/mol. The van der Waals surface area contributed by atoms with Crippen LogP contribution in [0.25, 0.3) is 21.7 Å². The van der Waals surface area contributed by atoms with Crippen LogP contribution in [0.1, 0.15) is 67.0 Å². The van der Waals surface area contributed by atoms with Gasteiger partial charge in [0.2, 0.25) is 0 Å². The largest absolute Gasteiger partial charge is 0.489 e. The SMILES string of the molecule is CCCC(CCC)c1ccc(OCc2ccc(-c3ccc(CN(CC(=O)O)Cc4cn[nH]c4-c4ccccc4)s3)cc2)cc1. The van der Waals surface area contributed by atoms with Crippen LogP contribution in [-0.2, 0) is 24.5 Å². The average molecular weight is 608 g/mol. The summed E-state index contributed by atoms with van der Waals surface area (Å²) in [7, 11) is 0. The summed E-state index contributed by atoms with van der Waals surface area (Å²) in [6.45, 7) is 6.00. The normalized spacial score (nSPS) is 11.4. The Morgan fingerprint density at radius 2 is 1.61 bits per heavy atom. The summed E-state index contributed by atoms with van der Waals surface area (Å²) in [6, 6.07) is 31.3.